The van der Waals surface area contributed by atoms with Gasteiger partial charge in [0.2, 0.25) is 0 Å². The van der Waals surface area contributed by atoms with Gasteiger partial charge in [-0.25, -0.2) is 4.68 Å². The van der Waals surface area contributed by atoms with Gasteiger partial charge >= 0.3 is 0 Å². The van der Waals surface area contributed by atoms with E-state index in [2.05, 4.69) is 46.0 Å². The van der Waals surface area contributed by atoms with E-state index in [-0.39, 0.29) is 5.91 Å². The molecule has 1 N–H and O–H groups in total. The second kappa shape index (κ2) is 7.63. The maximum Gasteiger partial charge on any atom is 0.272 e. The standard InChI is InChI=1S/C26H22N6O/c1-18-9-11-20(12-10-18)32-25(30-13-5-6-14-30)21-16-31(17-24(21)29-32)26(33)23-15-22(27-28-23)19-7-3-2-4-8-19/h2-15H,16-17H2,1H3,(H,27,28). The molecule has 33 heavy (non-hydrogen) atoms. The van der Waals surface area contributed by atoms with Crippen molar-refractivity contribution in [2.45, 2.75) is 20.0 Å². The van der Waals surface area contributed by atoms with Crippen LogP contribution in [0.2, 0.25) is 0 Å². The van der Waals surface area contributed by atoms with Crippen molar-refractivity contribution in [3.63, 3.8) is 0 Å². The van der Waals surface area contributed by atoms with Crippen LogP contribution in [0.1, 0.15) is 27.3 Å². The number of nitrogens with zero attached hydrogens (tertiary/aromatic N) is 5. The molecule has 6 rings (SSSR count). The molecule has 0 saturated heterocycles. The molecule has 1 aliphatic rings. The highest BCUT2D eigenvalue weighted by Gasteiger charge is 2.32. The van der Waals surface area contributed by atoms with Crippen LogP contribution in [0.25, 0.3) is 22.8 Å². The van der Waals surface area contributed by atoms with E-state index in [0.29, 0.717) is 18.8 Å². The first-order chi connectivity index (χ1) is 16.2. The summed E-state index contributed by atoms with van der Waals surface area (Å²) >= 11 is 0. The number of aryl methyl sites for hydroxylation is 1. The van der Waals surface area contributed by atoms with Gasteiger partial charge in [-0.2, -0.15) is 10.2 Å². The number of hydrogen-bond acceptors (Lipinski definition) is 3. The Morgan fingerprint density at radius 2 is 1.70 bits per heavy atom. The molecule has 7 nitrogen and oxygen atoms in total. The predicted octanol–water partition coefficient (Wildman–Crippen LogP) is 4.52. The van der Waals surface area contributed by atoms with Crippen molar-refractivity contribution >= 4 is 5.91 Å². The van der Waals surface area contributed by atoms with Gasteiger partial charge in [0.05, 0.1) is 30.2 Å². The number of benzene rings is 2. The first-order valence-electron chi connectivity index (χ1n) is 10.9. The van der Waals surface area contributed by atoms with Gasteiger partial charge in [0.25, 0.3) is 5.91 Å². The Labute approximate surface area is 190 Å². The van der Waals surface area contributed by atoms with Crippen LogP contribution in [0.15, 0.2) is 85.2 Å². The van der Waals surface area contributed by atoms with Crippen molar-refractivity contribution in [3.8, 4) is 22.8 Å². The second-order valence-electron chi connectivity index (χ2n) is 8.28. The average Bonchev–Trinajstić information content (AvgIpc) is 3.63. The van der Waals surface area contributed by atoms with Gasteiger partial charge in [-0.3, -0.25) is 9.89 Å². The summed E-state index contributed by atoms with van der Waals surface area (Å²) in [7, 11) is 0. The van der Waals surface area contributed by atoms with Crippen LogP contribution >= 0.6 is 0 Å². The molecule has 2 aromatic carbocycles. The van der Waals surface area contributed by atoms with Gasteiger partial charge in [-0.1, -0.05) is 48.0 Å². The fourth-order valence-electron chi connectivity index (χ4n) is 4.31. The van der Waals surface area contributed by atoms with E-state index in [1.54, 1.807) is 0 Å². The van der Waals surface area contributed by atoms with Gasteiger partial charge in [0.1, 0.15) is 11.5 Å². The first-order valence-corrected chi connectivity index (χ1v) is 10.9. The second-order valence-corrected chi connectivity index (χ2v) is 8.28. The Hall–Kier alpha value is -4.39. The molecule has 3 aromatic heterocycles. The molecule has 1 aliphatic heterocycles. The fourth-order valence-corrected chi connectivity index (χ4v) is 4.31. The molecule has 1 amide bonds. The molecule has 0 bridgehead atoms. The Balaban J connectivity index is 1.32. The molecule has 4 heterocycles. The summed E-state index contributed by atoms with van der Waals surface area (Å²) in [4.78, 5) is 15.1. The minimum absolute atomic E-state index is 0.0805. The van der Waals surface area contributed by atoms with Gasteiger partial charge in [-0.15, -0.1) is 0 Å². The summed E-state index contributed by atoms with van der Waals surface area (Å²) < 4.78 is 4.03. The van der Waals surface area contributed by atoms with E-state index in [1.165, 1.54) is 5.56 Å². The Bertz CT molecular complexity index is 1430. The van der Waals surface area contributed by atoms with E-state index in [1.807, 2.05) is 70.5 Å². The Morgan fingerprint density at radius 3 is 2.45 bits per heavy atom. The van der Waals surface area contributed by atoms with Crippen molar-refractivity contribution < 1.29 is 4.79 Å². The quantitative estimate of drug-likeness (QED) is 0.452. The van der Waals surface area contributed by atoms with Crippen LogP contribution in [-0.2, 0) is 13.1 Å². The SMILES string of the molecule is Cc1ccc(-n2nc3c(c2-n2cccc2)CN(C(=O)c2cc(-c4ccccc4)n[nH]2)C3)cc1. The first kappa shape index (κ1) is 19.3. The summed E-state index contributed by atoms with van der Waals surface area (Å²) in [5.41, 5.74) is 6.38. The largest absolute Gasteiger partial charge is 0.327 e. The number of aromatic amines is 1. The predicted molar refractivity (Wildman–Crippen MR) is 125 cm³/mol. The molecule has 7 heteroatoms. The van der Waals surface area contributed by atoms with E-state index < -0.39 is 0 Å². The number of aromatic nitrogens is 5. The van der Waals surface area contributed by atoms with Crippen LogP contribution in [0, 0.1) is 6.92 Å². The van der Waals surface area contributed by atoms with E-state index in [9.17, 15) is 4.79 Å². The maximum atomic E-state index is 13.3. The lowest BCUT2D eigenvalue weighted by Gasteiger charge is -2.16. The molecule has 0 saturated carbocycles. The zero-order valence-corrected chi connectivity index (χ0v) is 18.1. The van der Waals surface area contributed by atoms with Gasteiger partial charge in [-0.05, 0) is 37.3 Å². The van der Waals surface area contributed by atoms with Crippen LogP contribution in [0.4, 0.5) is 0 Å². The molecule has 162 valence electrons. The highest BCUT2D eigenvalue weighted by Crippen LogP contribution is 2.31. The highest BCUT2D eigenvalue weighted by molar-refractivity contribution is 5.93. The number of H-pyrrole nitrogens is 1. The summed E-state index contributed by atoms with van der Waals surface area (Å²) in [6.07, 6.45) is 4.01. The van der Waals surface area contributed by atoms with E-state index in [0.717, 1.165) is 34.0 Å². The van der Waals surface area contributed by atoms with Crippen molar-refractivity contribution in [1.29, 1.82) is 0 Å². The lowest BCUT2D eigenvalue weighted by molar-refractivity contribution is 0.0743. The minimum atomic E-state index is -0.0805. The molecular formula is C26H22N6O. The van der Waals surface area contributed by atoms with E-state index in [4.69, 9.17) is 5.10 Å². The number of rotatable bonds is 4. The average molecular weight is 435 g/mol. The molecule has 0 unspecified atom stereocenters. The number of amides is 1. The minimum Gasteiger partial charge on any atom is -0.327 e. The van der Waals surface area contributed by atoms with Gasteiger partial charge in [0.15, 0.2) is 0 Å². The van der Waals surface area contributed by atoms with Crippen LogP contribution < -0.4 is 0 Å². The van der Waals surface area contributed by atoms with Crippen LogP contribution in [-0.4, -0.2) is 35.4 Å². The zero-order valence-electron chi connectivity index (χ0n) is 18.1. The number of hydrogen-bond donors (Lipinski definition) is 1. The molecular weight excluding hydrogens is 412 g/mol. The monoisotopic (exact) mass is 434 g/mol. The molecule has 0 radical (unpaired) electrons. The normalized spacial score (nSPS) is 12.8. The number of carbonyl (C=O) groups is 1. The third-order valence-corrected chi connectivity index (χ3v) is 6.02. The number of fused-ring (bicyclic) bond motifs is 1. The number of carbonyl (C=O) groups excluding carboxylic acids is 1. The van der Waals surface area contributed by atoms with Crippen LogP contribution in [0.3, 0.4) is 0 Å². The molecule has 5 aromatic rings. The number of nitrogens with one attached hydrogen (secondary N) is 1. The molecule has 0 atom stereocenters. The van der Waals surface area contributed by atoms with Crippen molar-refractivity contribution in [1.82, 2.24) is 29.4 Å². The topological polar surface area (TPSA) is 71.7 Å². The summed E-state index contributed by atoms with van der Waals surface area (Å²) in [5, 5.41) is 12.2. The lowest BCUT2D eigenvalue weighted by atomic mass is 10.1. The van der Waals surface area contributed by atoms with Gasteiger partial charge < -0.3 is 9.47 Å². The third kappa shape index (κ3) is 3.34. The van der Waals surface area contributed by atoms with Crippen molar-refractivity contribution in [3.05, 3.63) is 108 Å². The zero-order chi connectivity index (χ0) is 22.4. The summed E-state index contributed by atoms with van der Waals surface area (Å²) in [6.45, 7) is 3.02. The molecule has 0 aliphatic carbocycles. The maximum absolute atomic E-state index is 13.3. The smallest absolute Gasteiger partial charge is 0.272 e. The third-order valence-electron chi connectivity index (χ3n) is 6.02. The van der Waals surface area contributed by atoms with Gasteiger partial charge in [0, 0.05) is 23.5 Å². The van der Waals surface area contributed by atoms with Crippen molar-refractivity contribution in [2.24, 2.45) is 0 Å². The van der Waals surface area contributed by atoms with E-state index >= 15 is 0 Å². The summed E-state index contributed by atoms with van der Waals surface area (Å²) in [5.74, 6) is 0.881. The fraction of sp³-hybridized carbons (Fsp3) is 0.115. The summed E-state index contributed by atoms with van der Waals surface area (Å²) in [6, 6.07) is 23.9. The highest BCUT2D eigenvalue weighted by atomic mass is 16.2. The molecule has 0 fully saturated rings. The van der Waals surface area contributed by atoms with Crippen LogP contribution in [0.5, 0.6) is 0 Å². The van der Waals surface area contributed by atoms with Crippen molar-refractivity contribution in [2.75, 3.05) is 0 Å². The molecule has 0 spiro atoms. The Morgan fingerprint density at radius 1 is 0.939 bits per heavy atom. The lowest BCUT2D eigenvalue weighted by Crippen LogP contribution is -2.26. The Kier molecular flexibility index (Phi) is 4.47.